The number of carbonyl (C=O) groups excluding carboxylic acids is 1. The summed E-state index contributed by atoms with van der Waals surface area (Å²) in [5, 5.41) is 0. The number of hydrogen-bond donors (Lipinski definition) is 1. The van der Waals surface area contributed by atoms with Gasteiger partial charge in [-0.2, -0.15) is 0 Å². The van der Waals surface area contributed by atoms with Crippen LogP contribution in [0.3, 0.4) is 0 Å². The van der Waals surface area contributed by atoms with Gasteiger partial charge in [-0.15, -0.1) is 0 Å². The molecule has 3 aliphatic rings. The molecular weight excluding hydrogens is 631 g/mol. The third-order valence-electron chi connectivity index (χ3n) is 9.55. The zero-order valence-electron chi connectivity index (χ0n) is 27.3. The Balaban J connectivity index is 1.13. The lowest BCUT2D eigenvalue weighted by molar-refractivity contribution is -0.201. The maximum atomic E-state index is 15.3. The summed E-state index contributed by atoms with van der Waals surface area (Å²) in [4.78, 5) is 31.2. The maximum absolute atomic E-state index is 15.3. The molecule has 5 rings (SSSR count). The number of halogens is 1. The van der Waals surface area contributed by atoms with Crippen molar-refractivity contribution in [2.45, 2.75) is 108 Å². The fraction of sp³-hybridized carbons (Fsp3) is 0.647. The molecule has 1 amide bonds. The monoisotopic (exact) mass is 678 g/mol. The Bertz CT molecular complexity index is 1500. The van der Waals surface area contributed by atoms with E-state index in [1.807, 2.05) is 0 Å². The first-order chi connectivity index (χ1) is 22.5. The minimum Gasteiger partial charge on any atom is -0.493 e. The summed E-state index contributed by atoms with van der Waals surface area (Å²) in [6.07, 6.45) is 10.8. The van der Waals surface area contributed by atoms with Crippen molar-refractivity contribution in [3.8, 4) is 16.9 Å². The first-order valence-corrected chi connectivity index (χ1v) is 18.6. The van der Waals surface area contributed by atoms with Crippen LogP contribution in [0.4, 0.5) is 4.39 Å². The van der Waals surface area contributed by atoms with Gasteiger partial charge in [-0.1, -0.05) is 12.1 Å². The van der Waals surface area contributed by atoms with Gasteiger partial charge in [0.15, 0.2) is 27.2 Å². The molecule has 0 bridgehead atoms. The third-order valence-corrected chi connectivity index (χ3v) is 11.6. The first-order valence-electron chi connectivity index (χ1n) is 16.7. The van der Waals surface area contributed by atoms with Crippen molar-refractivity contribution in [3.63, 3.8) is 0 Å². The highest BCUT2D eigenvalue weighted by Gasteiger charge is 2.44. The molecule has 11 nitrogen and oxygen atoms in total. The van der Waals surface area contributed by atoms with Crippen molar-refractivity contribution in [2.24, 2.45) is 5.92 Å². The maximum Gasteiger partial charge on any atom is 0.264 e. The van der Waals surface area contributed by atoms with Crippen LogP contribution in [0, 0.1) is 11.7 Å². The zero-order valence-corrected chi connectivity index (χ0v) is 28.1. The quantitative estimate of drug-likeness (QED) is 0.294. The molecule has 1 aromatic carbocycles. The van der Waals surface area contributed by atoms with Gasteiger partial charge in [0.25, 0.3) is 11.5 Å². The molecule has 2 saturated heterocycles. The average Bonchev–Trinajstić information content (AvgIpc) is 3.07. The van der Waals surface area contributed by atoms with Crippen molar-refractivity contribution in [1.29, 1.82) is 0 Å². The van der Waals surface area contributed by atoms with Gasteiger partial charge in [0.05, 0.1) is 12.7 Å². The lowest BCUT2D eigenvalue weighted by Gasteiger charge is -2.32. The molecule has 3 fully saturated rings. The fourth-order valence-corrected chi connectivity index (χ4v) is 7.03. The van der Waals surface area contributed by atoms with E-state index in [0.29, 0.717) is 36.9 Å². The fourth-order valence-electron chi connectivity index (χ4n) is 6.19. The van der Waals surface area contributed by atoms with E-state index in [1.54, 1.807) is 24.3 Å². The van der Waals surface area contributed by atoms with Gasteiger partial charge in [-0.25, -0.2) is 23.1 Å². The van der Waals surface area contributed by atoms with Crippen LogP contribution in [-0.4, -0.2) is 68.4 Å². The lowest BCUT2D eigenvalue weighted by atomic mass is 9.88. The molecule has 0 radical (unpaired) electrons. The van der Waals surface area contributed by atoms with Crippen LogP contribution < -0.4 is 15.8 Å². The van der Waals surface area contributed by atoms with E-state index in [0.717, 1.165) is 81.4 Å². The van der Waals surface area contributed by atoms with Crippen molar-refractivity contribution in [3.05, 3.63) is 52.7 Å². The zero-order chi connectivity index (χ0) is 33.4. The number of ether oxygens (including phenoxy) is 4. The van der Waals surface area contributed by atoms with Crippen LogP contribution >= 0.6 is 0 Å². The predicted molar refractivity (Wildman–Crippen MR) is 173 cm³/mol. The largest absolute Gasteiger partial charge is 0.493 e. The lowest BCUT2D eigenvalue weighted by Crippen LogP contribution is -2.51. The SMILES string of the molecule is C[C@@](CCn1cc(F)c(-c2ccc(OC[C@H]3CC[C@H](OC4CCCCO4)CC3)cc2)cc1=O)(C(=O)NOC1CCCCO1)S(C)(=O)=O. The Labute approximate surface area is 275 Å². The van der Waals surface area contributed by atoms with Gasteiger partial charge in [0, 0.05) is 50.3 Å². The van der Waals surface area contributed by atoms with Gasteiger partial charge >= 0.3 is 0 Å². The highest BCUT2D eigenvalue weighted by molar-refractivity contribution is 7.92. The van der Waals surface area contributed by atoms with Crippen LogP contribution in [0.15, 0.2) is 41.3 Å². The molecule has 1 N–H and O–H groups in total. The van der Waals surface area contributed by atoms with Gasteiger partial charge < -0.3 is 23.5 Å². The molecule has 0 spiro atoms. The number of aryl methyl sites for hydroxylation is 1. The smallest absolute Gasteiger partial charge is 0.264 e. The van der Waals surface area contributed by atoms with Gasteiger partial charge in [0.2, 0.25) is 0 Å². The average molecular weight is 679 g/mol. The van der Waals surface area contributed by atoms with Crippen LogP contribution in [-0.2, 0) is 40.2 Å². The molecule has 13 heteroatoms. The molecule has 47 heavy (non-hydrogen) atoms. The Hall–Kier alpha value is -2.84. The minimum atomic E-state index is -3.95. The molecule has 260 valence electrons. The van der Waals surface area contributed by atoms with E-state index in [9.17, 15) is 18.0 Å². The number of nitrogens with zero attached hydrogens (tertiary/aromatic N) is 1. The highest BCUT2D eigenvalue weighted by atomic mass is 32.2. The topological polar surface area (TPSA) is 131 Å². The number of rotatable bonds is 13. The normalized spacial score (nSPS) is 25.1. The Morgan fingerprint density at radius 1 is 1.00 bits per heavy atom. The highest BCUT2D eigenvalue weighted by Crippen LogP contribution is 2.30. The number of pyridine rings is 1. The second-order valence-corrected chi connectivity index (χ2v) is 15.5. The first kappa shape index (κ1) is 35.5. The number of amides is 1. The molecule has 1 saturated carbocycles. The summed E-state index contributed by atoms with van der Waals surface area (Å²) >= 11 is 0. The van der Waals surface area contributed by atoms with Crippen molar-refractivity contribution in [1.82, 2.24) is 10.0 Å². The minimum absolute atomic E-state index is 0.0615. The van der Waals surface area contributed by atoms with E-state index < -0.39 is 38.2 Å². The van der Waals surface area contributed by atoms with Crippen LogP contribution in [0.1, 0.15) is 77.6 Å². The summed E-state index contributed by atoms with van der Waals surface area (Å²) in [6, 6.07) is 8.09. The molecule has 2 aliphatic heterocycles. The number of carbonyl (C=O) groups is 1. The Kier molecular flexibility index (Phi) is 12.1. The number of aromatic nitrogens is 1. The van der Waals surface area contributed by atoms with Crippen molar-refractivity contribution in [2.75, 3.05) is 26.1 Å². The summed E-state index contributed by atoms with van der Waals surface area (Å²) in [5.41, 5.74) is 2.30. The van der Waals surface area contributed by atoms with E-state index in [1.165, 1.54) is 13.0 Å². The van der Waals surface area contributed by atoms with Crippen molar-refractivity contribution < 1.29 is 41.4 Å². The number of hydrogen-bond acceptors (Lipinski definition) is 9. The van der Waals surface area contributed by atoms with Gasteiger partial charge in [-0.05, 0) is 94.7 Å². The second kappa shape index (κ2) is 16.0. The van der Waals surface area contributed by atoms with E-state index in [4.69, 9.17) is 23.8 Å². The third kappa shape index (κ3) is 9.41. The second-order valence-electron chi connectivity index (χ2n) is 13.1. The Morgan fingerprint density at radius 3 is 2.28 bits per heavy atom. The Morgan fingerprint density at radius 2 is 1.66 bits per heavy atom. The standard InChI is InChI=1S/C34H47FN2O9S/c1-34(47(2,40)41,33(39)36-46-32-8-4-6-20-43-32)17-18-37-22-29(35)28(21-30(37)38)25-11-15-26(16-12-25)44-23-24-9-13-27(14-10-24)45-31-7-3-5-19-42-31/h11-12,15-16,21-22,24,27,31-32H,3-10,13-14,17-20,23H2,1-2H3,(H,36,39)/t24-,27-,31?,32?,34-/m1/s1. The number of sulfone groups is 1. The van der Waals surface area contributed by atoms with Crippen LogP contribution in [0.2, 0.25) is 0 Å². The molecular formula is C34H47FN2O9S. The number of hydroxylamine groups is 1. The predicted octanol–water partition coefficient (Wildman–Crippen LogP) is 4.90. The summed E-state index contributed by atoms with van der Waals surface area (Å²) < 4.78 is 63.1. The van der Waals surface area contributed by atoms with E-state index in [2.05, 4.69) is 5.48 Å². The molecule has 3 heterocycles. The van der Waals surface area contributed by atoms with E-state index in [-0.39, 0.29) is 30.9 Å². The van der Waals surface area contributed by atoms with Crippen LogP contribution in [0.5, 0.6) is 5.75 Å². The number of nitrogens with one attached hydrogen (secondary N) is 1. The summed E-state index contributed by atoms with van der Waals surface area (Å²) in [5.74, 6) is -0.443. The number of benzene rings is 1. The molecule has 1 aromatic heterocycles. The van der Waals surface area contributed by atoms with Gasteiger partial charge in [0.1, 0.15) is 11.6 Å². The molecule has 2 aromatic rings. The van der Waals surface area contributed by atoms with Crippen LogP contribution in [0.25, 0.3) is 11.1 Å². The van der Waals surface area contributed by atoms with Crippen molar-refractivity contribution >= 4 is 15.7 Å². The van der Waals surface area contributed by atoms with E-state index >= 15 is 4.39 Å². The summed E-state index contributed by atoms with van der Waals surface area (Å²) in [7, 11) is -3.95. The molecule has 2 unspecified atom stereocenters. The summed E-state index contributed by atoms with van der Waals surface area (Å²) in [6.45, 7) is 2.91. The van der Waals surface area contributed by atoms with Gasteiger partial charge in [-0.3, -0.25) is 9.59 Å². The molecule has 3 atom stereocenters. The molecule has 1 aliphatic carbocycles.